The van der Waals surface area contributed by atoms with E-state index >= 15 is 0 Å². The predicted octanol–water partition coefficient (Wildman–Crippen LogP) is 12.0. The molecule has 6 unspecified atom stereocenters. The lowest BCUT2D eigenvalue weighted by Gasteiger charge is -2.41. The van der Waals surface area contributed by atoms with E-state index in [1.54, 1.807) is 0 Å². The quantitative estimate of drug-likeness (QED) is 0.0197. The SMILES string of the molecule is CC/C=C\C/C=C\C/C=C\C/C=C\C/C=C\CCCCCCCCCCOCC(COC1OC(CO)C(O)C(OS(=O)(=O)O)C1O)OC(=O)CCCCCCC/C=C\C/C=C\CCCCCC. The molecule has 1 rings (SSSR count). The van der Waals surface area contributed by atoms with E-state index in [2.05, 4.69) is 103 Å². The molecule has 0 saturated carbocycles. The third kappa shape index (κ3) is 37.8. The van der Waals surface area contributed by atoms with Crippen LogP contribution in [0.15, 0.2) is 85.1 Å². The number of ether oxygens (including phenoxy) is 4. The Kier molecular flexibility index (Phi) is 41.4. The van der Waals surface area contributed by atoms with Crippen molar-refractivity contribution in [3.8, 4) is 0 Å². The lowest BCUT2D eigenvalue weighted by atomic mass is 9.99. The molecule has 0 aromatic rings. The Morgan fingerprint density at radius 3 is 1.51 bits per heavy atom. The summed E-state index contributed by atoms with van der Waals surface area (Å²) in [5.41, 5.74) is 0. The maximum absolute atomic E-state index is 12.9. The standard InChI is InChI=1S/C54H92O12S/c1-3-5-7-9-11-13-15-17-19-21-22-23-24-25-26-27-28-30-32-34-36-38-40-42-44-62-46-48(47-63-54-52(58)53(66-67(59,60)61)51(57)49(45-55)65-54)64-50(56)43-41-39-37-35-33-31-29-20-18-16-14-12-10-8-6-4-2/h5,7,11,13-14,16-17,19-20,22-23,25-26,29,48-49,51-55,57-58H,3-4,6,8-10,12,15,18,21,24,27-28,30-47H2,1-2H3,(H,59,60,61)/b7-5-,13-11-,16-14-,19-17-,23-22-,26-25-,29-20-. The molecular formula is C54H92O12S. The Morgan fingerprint density at radius 2 is 1.03 bits per heavy atom. The molecule has 13 heteroatoms. The van der Waals surface area contributed by atoms with Gasteiger partial charge in [0.2, 0.25) is 0 Å². The molecule has 6 atom stereocenters. The number of aliphatic hydroxyl groups excluding tert-OH is 3. The molecule has 12 nitrogen and oxygen atoms in total. The van der Waals surface area contributed by atoms with Crippen LogP contribution in [0, 0.1) is 0 Å². The molecule has 4 N–H and O–H groups in total. The third-order valence-corrected chi connectivity index (χ3v) is 11.7. The van der Waals surface area contributed by atoms with Gasteiger partial charge in [-0.15, -0.1) is 0 Å². The van der Waals surface area contributed by atoms with Crippen molar-refractivity contribution < 1.29 is 56.2 Å². The average molecular weight is 965 g/mol. The van der Waals surface area contributed by atoms with E-state index in [-0.39, 0.29) is 19.6 Å². The van der Waals surface area contributed by atoms with Gasteiger partial charge in [0.05, 0.1) is 19.8 Å². The first-order valence-corrected chi connectivity index (χ1v) is 27.2. The summed E-state index contributed by atoms with van der Waals surface area (Å²) in [7, 11) is -5.07. The van der Waals surface area contributed by atoms with Crippen molar-refractivity contribution in [2.24, 2.45) is 0 Å². The fraction of sp³-hybridized carbons (Fsp3) is 0.722. The normalized spacial score (nSPS) is 20.1. The minimum atomic E-state index is -5.07. The van der Waals surface area contributed by atoms with Gasteiger partial charge in [-0.25, -0.2) is 4.18 Å². The number of aliphatic hydroxyl groups is 3. The van der Waals surface area contributed by atoms with Gasteiger partial charge < -0.3 is 34.3 Å². The summed E-state index contributed by atoms with van der Waals surface area (Å²) in [6.45, 7) is 3.82. The summed E-state index contributed by atoms with van der Waals surface area (Å²) < 4.78 is 59.2. The van der Waals surface area contributed by atoms with Crippen molar-refractivity contribution in [3.63, 3.8) is 0 Å². The maximum atomic E-state index is 12.9. The summed E-state index contributed by atoms with van der Waals surface area (Å²) in [5, 5.41) is 30.8. The van der Waals surface area contributed by atoms with E-state index in [4.69, 9.17) is 18.9 Å². The molecular weight excluding hydrogens is 873 g/mol. The molecule has 1 saturated heterocycles. The van der Waals surface area contributed by atoms with Crippen LogP contribution in [0.25, 0.3) is 0 Å². The number of allylic oxidation sites excluding steroid dienone is 14. The summed E-state index contributed by atoms with van der Waals surface area (Å²) in [5.74, 6) is -0.419. The van der Waals surface area contributed by atoms with Gasteiger partial charge in [-0.2, -0.15) is 8.42 Å². The van der Waals surface area contributed by atoms with Gasteiger partial charge >= 0.3 is 16.4 Å². The molecule has 386 valence electrons. The molecule has 0 aromatic carbocycles. The molecule has 0 radical (unpaired) electrons. The minimum Gasteiger partial charge on any atom is -0.457 e. The van der Waals surface area contributed by atoms with Gasteiger partial charge in [-0.3, -0.25) is 9.35 Å². The second-order valence-corrected chi connectivity index (χ2v) is 18.4. The number of hydrogen-bond acceptors (Lipinski definition) is 11. The Bertz CT molecular complexity index is 1490. The van der Waals surface area contributed by atoms with E-state index in [0.29, 0.717) is 13.0 Å². The molecule has 0 spiro atoms. The Hall–Kier alpha value is -2.72. The number of rotatable bonds is 44. The number of carbonyl (C=O) groups excluding carboxylic acids is 1. The van der Waals surface area contributed by atoms with Gasteiger partial charge in [-0.05, 0) is 89.9 Å². The molecule has 0 amide bonds. The first-order chi connectivity index (χ1) is 32.6. The van der Waals surface area contributed by atoms with E-state index in [1.807, 2.05) is 0 Å². The van der Waals surface area contributed by atoms with Crippen LogP contribution in [-0.2, 0) is 38.3 Å². The van der Waals surface area contributed by atoms with Crippen LogP contribution in [0.1, 0.15) is 187 Å². The highest BCUT2D eigenvalue weighted by Gasteiger charge is 2.48. The molecule has 0 aliphatic carbocycles. The molecule has 0 bridgehead atoms. The van der Waals surface area contributed by atoms with Crippen molar-refractivity contribution >= 4 is 16.4 Å². The second-order valence-electron chi connectivity index (χ2n) is 17.4. The van der Waals surface area contributed by atoms with Gasteiger partial charge in [0.15, 0.2) is 6.29 Å². The zero-order valence-electron chi connectivity index (χ0n) is 41.4. The molecule has 1 aliphatic heterocycles. The van der Waals surface area contributed by atoms with Crippen molar-refractivity contribution in [2.75, 3.05) is 26.4 Å². The van der Waals surface area contributed by atoms with Crippen LogP contribution in [0.2, 0.25) is 0 Å². The predicted molar refractivity (Wildman–Crippen MR) is 271 cm³/mol. The monoisotopic (exact) mass is 965 g/mol. The molecule has 1 aliphatic rings. The second kappa shape index (κ2) is 44.5. The zero-order valence-corrected chi connectivity index (χ0v) is 42.2. The van der Waals surface area contributed by atoms with Crippen molar-refractivity contribution in [1.29, 1.82) is 0 Å². The van der Waals surface area contributed by atoms with E-state index in [9.17, 15) is 33.1 Å². The van der Waals surface area contributed by atoms with E-state index in [0.717, 1.165) is 103 Å². The van der Waals surface area contributed by atoms with Crippen molar-refractivity contribution in [2.45, 2.75) is 224 Å². The minimum absolute atomic E-state index is 0.0196. The first kappa shape index (κ1) is 62.3. The molecule has 0 aromatic heterocycles. The van der Waals surface area contributed by atoms with Crippen LogP contribution < -0.4 is 0 Å². The Morgan fingerprint density at radius 1 is 0.582 bits per heavy atom. The maximum Gasteiger partial charge on any atom is 0.397 e. The molecule has 1 heterocycles. The van der Waals surface area contributed by atoms with Crippen LogP contribution in [0.5, 0.6) is 0 Å². The fourth-order valence-corrected chi connectivity index (χ4v) is 7.88. The third-order valence-electron chi connectivity index (χ3n) is 11.3. The van der Waals surface area contributed by atoms with E-state index < -0.39 is 59.8 Å². The van der Waals surface area contributed by atoms with Crippen LogP contribution >= 0.6 is 0 Å². The summed E-state index contributed by atoms with van der Waals surface area (Å²) in [4.78, 5) is 12.9. The lowest BCUT2D eigenvalue weighted by molar-refractivity contribution is -0.301. The average Bonchev–Trinajstić information content (AvgIpc) is 3.30. The van der Waals surface area contributed by atoms with Gasteiger partial charge in [0.1, 0.15) is 30.5 Å². The lowest BCUT2D eigenvalue weighted by Crippen LogP contribution is -2.60. The highest BCUT2D eigenvalue weighted by atomic mass is 32.3. The number of hydrogen-bond donors (Lipinski definition) is 4. The summed E-state index contributed by atoms with van der Waals surface area (Å²) in [6, 6.07) is 0. The van der Waals surface area contributed by atoms with Gasteiger partial charge in [0.25, 0.3) is 0 Å². The first-order valence-electron chi connectivity index (χ1n) is 25.8. The fourth-order valence-electron chi connectivity index (χ4n) is 7.38. The molecule has 67 heavy (non-hydrogen) atoms. The Balaban J connectivity index is 2.37. The molecule has 1 fully saturated rings. The van der Waals surface area contributed by atoms with Gasteiger partial charge in [0, 0.05) is 13.0 Å². The Labute approximate surface area is 406 Å². The van der Waals surface area contributed by atoms with Crippen LogP contribution in [0.4, 0.5) is 0 Å². The number of unbranched alkanes of at least 4 members (excludes halogenated alkanes) is 17. The van der Waals surface area contributed by atoms with Crippen LogP contribution in [-0.4, -0.2) is 97.5 Å². The summed E-state index contributed by atoms with van der Waals surface area (Å²) >= 11 is 0. The highest BCUT2D eigenvalue weighted by Crippen LogP contribution is 2.26. The topological polar surface area (TPSA) is 178 Å². The van der Waals surface area contributed by atoms with Crippen molar-refractivity contribution in [1.82, 2.24) is 0 Å². The largest absolute Gasteiger partial charge is 0.457 e. The number of carbonyl (C=O) groups is 1. The number of esters is 1. The summed E-state index contributed by atoms with van der Waals surface area (Å²) in [6.07, 6.45) is 50.4. The zero-order chi connectivity index (χ0) is 48.9. The highest BCUT2D eigenvalue weighted by molar-refractivity contribution is 7.80. The van der Waals surface area contributed by atoms with Crippen molar-refractivity contribution in [3.05, 3.63) is 85.1 Å². The van der Waals surface area contributed by atoms with Crippen LogP contribution in [0.3, 0.4) is 0 Å². The van der Waals surface area contributed by atoms with E-state index in [1.165, 1.54) is 57.8 Å². The smallest absolute Gasteiger partial charge is 0.397 e. The van der Waals surface area contributed by atoms with Gasteiger partial charge in [-0.1, -0.05) is 176 Å².